The van der Waals surface area contributed by atoms with Gasteiger partial charge in [-0.05, 0) is 62.8 Å². The van der Waals surface area contributed by atoms with Gasteiger partial charge in [0.15, 0.2) is 0 Å². The summed E-state index contributed by atoms with van der Waals surface area (Å²) in [6, 6.07) is 10.7. The van der Waals surface area contributed by atoms with E-state index in [4.69, 9.17) is 9.47 Å². The van der Waals surface area contributed by atoms with E-state index in [9.17, 15) is 14.0 Å². The van der Waals surface area contributed by atoms with Crippen LogP contribution in [0.3, 0.4) is 0 Å². The van der Waals surface area contributed by atoms with Crippen LogP contribution < -0.4 is 5.32 Å². The number of alkyl halides is 1. The van der Waals surface area contributed by atoms with Gasteiger partial charge in [-0.2, -0.15) is 0 Å². The Balaban J connectivity index is 1.25. The van der Waals surface area contributed by atoms with Crippen LogP contribution in [0.1, 0.15) is 75.7 Å². The molecule has 0 radical (unpaired) electrons. The zero-order valence-corrected chi connectivity index (χ0v) is 19.3. The van der Waals surface area contributed by atoms with Crippen molar-refractivity contribution < 1.29 is 23.5 Å². The molecule has 4 fully saturated rings. The molecule has 1 spiro atoms. The topological polar surface area (TPSA) is 64.6 Å². The summed E-state index contributed by atoms with van der Waals surface area (Å²) < 4.78 is 25.1. The van der Waals surface area contributed by atoms with E-state index in [2.05, 4.69) is 35.6 Å². The Hall–Kier alpha value is -1.95. The lowest BCUT2D eigenvalue weighted by Crippen LogP contribution is -2.63. The van der Waals surface area contributed by atoms with Crippen molar-refractivity contribution in [2.24, 2.45) is 17.8 Å². The highest BCUT2D eigenvalue weighted by molar-refractivity contribution is 5.85. The number of alkyl carbamates (subject to hydrolysis) is 1. The molecule has 180 valence electrons. The molecule has 3 atom stereocenters. The highest BCUT2D eigenvalue weighted by Gasteiger charge is 2.52. The van der Waals surface area contributed by atoms with Crippen molar-refractivity contribution in [1.29, 1.82) is 0 Å². The molecule has 1 aromatic carbocycles. The van der Waals surface area contributed by atoms with E-state index in [1.165, 1.54) is 5.56 Å². The van der Waals surface area contributed by atoms with Crippen LogP contribution in [0.2, 0.25) is 0 Å². The Kier molecular flexibility index (Phi) is 6.73. The summed E-state index contributed by atoms with van der Waals surface area (Å²) in [5.74, 6) is 0.362. The van der Waals surface area contributed by atoms with Crippen LogP contribution in [0.4, 0.5) is 9.18 Å². The number of rotatable bonds is 6. The molecule has 3 aliphatic carbocycles. The molecule has 5 nitrogen and oxygen atoms in total. The lowest BCUT2D eigenvalue weighted by atomic mass is 9.61. The molecule has 1 heterocycles. The number of ether oxygens (including phenoxy) is 2. The summed E-state index contributed by atoms with van der Waals surface area (Å²) in [4.78, 5) is 25.5. The number of carbonyl (C=O) groups is 2. The molecule has 3 saturated carbocycles. The number of Topliss-reactive ketones (excluding diaryl/α,β-unsaturated/α-hetero) is 1. The van der Waals surface area contributed by atoms with Crippen molar-refractivity contribution in [3.8, 4) is 0 Å². The first-order valence-electron chi connectivity index (χ1n) is 12.8. The SMILES string of the molecule is O=C1N[C@]2(CCCC(C(=O)C3CC(F)C3)[C@H]2COC2CCC(c3ccccc3)CC2)CCO1. The van der Waals surface area contributed by atoms with Crippen LogP contribution >= 0.6 is 0 Å². The maximum absolute atomic E-state index is 13.5. The van der Waals surface area contributed by atoms with Crippen LogP contribution in [0.25, 0.3) is 0 Å². The van der Waals surface area contributed by atoms with Crippen molar-refractivity contribution in [2.75, 3.05) is 13.2 Å². The first kappa shape index (κ1) is 22.8. The Labute approximate surface area is 195 Å². The first-order chi connectivity index (χ1) is 16.0. The highest BCUT2D eigenvalue weighted by atomic mass is 19.1. The molecular weight excluding hydrogens is 421 g/mol. The third-order valence-corrected chi connectivity index (χ3v) is 8.77. The maximum Gasteiger partial charge on any atom is 0.407 e. The van der Waals surface area contributed by atoms with Gasteiger partial charge in [0.05, 0.1) is 24.9 Å². The predicted molar refractivity (Wildman–Crippen MR) is 123 cm³/mol. The molecule has 1 saturated heterocycles. The molecular formula is C27H36FNO4. The lowest BCUT2D eigenvalue weighted by molar-refractivity contribution is -0.140. The summed E-state index contributed by atoms with van der Waals surface area (Å²) in [6.07, 6.45) is 7.15. The number of amides is 1. The van der Waals surface area contributed by atoms with Crippen LogP contribution in [-0.4, -0.2) is 42.9 Å². The second kappa shape index (κ2) is 9.73. The number of hydrogen-bond acceptors (Lipinski definition) is 4. The fraction of sp³-hybridized carbons (Fsp3) is 0.704. The Morgan fingerprint density at radius 3 is 2.55 bits per heavy atom. The van der Waals surface area contributed by atoms with E-state index < -0.39 is 17.8 Å². The predicted octanol–water partition coefficient (Wildman–Crippen LogP) is 5.33. The van der Waals surface area contributed by atoms with Crippen LogP contribution in [0.5, 0.6) is 0 Å². The summed E-state index contributed by atoms with van der Waals surface area (Å²) >= 11 is 0. The molecule has 1 aromatic rings. The van der Waals surface area contributed by atoms with Gasteiger partial charge in [-0.1, -0.05) is 36.8 Å². The fourth-order valence-electron chi connectivity index (χ4n) is 6.73. The van der Waals surface area contributed by atoms with E-state index in [1.54, 1.807) is 0 Å². The van der Waals surface area contributed by atoms with Gasteiger partial charge in [0, 0.05) is 24.2 Å². The van der Waals surface area contributed by atoms with Gasteiger partial charge >= 0.3 is 6.09 Å². The second-order valence-electron chi connectivity index (χ2n) is 10.7. The molecule has 4 aliphatic rings. The summed E-state index contributed by atoms with van der Waals surface area (Å²) in [5, 5.41) is 3.10. The third kappa shape index (κ3) is 4.82. The van der Waals surface area contributed by atoms with Gasteiger partial charge in [0.2, 0.25) is 0 Å². The number of nitrogens with one attached hydrogen (secondary N) is 1. The van der Waals surface area contributed by atoms with Crippen LogP contribution in [0, 0.1) is 17.8 Å². The number of hydrogen-bond donors (Lipinski definition) is 1. The number of ketones is 1. The summed E-state index contributed by atoms with van der Waals surface area (Å²) in [6.45, 7) is 0.852. The van der Waals surface area contributed by atoms with Crippen molar-refractivity contribution in [1.82, 2.24) is 5.32 Å². The normalized spacial score (nSPS) is 38.8. The second-order valence-corrected chi connectivity index (χ2v) is 10.7. The quantitative estimate of drug-likeness (QED) is 0.627. The molecule has 33 heavy (non-hydrogen) atoms. The van der Waals surface area contributed by atoms with E-state index in [-0.39, 0.29) is 29.6 Å². The van der Waals surface area contributed by atoms with Crippen molar-refractivity contribution >= 4 is 11.9 Å². The smallest absolute Gasteiger partial charge is 0.407 e. The van der Waals surface area contributed by atoms with E-state index >= 15 is 0 Å². The van der Waals surface area contributed by atoms with E-state index in [0.717, 1.165) is 44.9 Å². The van der Waals surface area contributed by atoms with Crippen LogP contribution in [-0.2, 0) is 14.3 Å². The molecule has 0 bridgehead atoms. The van der Waals surface area contributed by atoms with Crippen LogP contribution in [0.15, 0.2) is 30.3 Å². The zero-order valence-electron chi connectivity index (χ0n) is 19.3. The van der Waals surface area contributed by atoms with Crippen molar-refractivity contribution in [2.45, 2.75) is 87.9 Å². The molecule has 1 unspecified atom stereocenters. The minimum Gasteiger partial charge on any atom is -0.449 e. The van der Waals surface area contributed by atoms with E-state index in [1.807, 2.05) is 0 Å². The van der Waals surface area contributed by atoms with Gasteiger partial charge in [0.25, 0.3) is 0 Å². The number of carbonyl (C=O) groups excluding carboxylic acids is 2. The fourth-order valence-corrected chi connectivity index (χ4v) is 6.73. The molecule has 1 amide bonds. The highest BCUT2D eigenvalue weighted by Crippen LogP contribution is 2.46. The zero-order chi connectivity index (χ0) is 22.8. The molecule has 1 aliphatic heterocycles. The Morgan fingerprint density at radius 2 is 1.85 bits per heavy atom. The Bertz CT molecular complexity index is 830. The molecule has 6 heteroatoms. The van der Waals surface area contributed by atoms with Gasteiger partial charge in [-0.15, -0.1) is 0 Å². The number of cyclic esters (lactones) is 1. The molecule has 5 rings (SSSR count). The van der Waals surface area contributed by atoms with Crippen molar-refractivity contribution in [3.05, 3.63) is 35.9 Å². The lowest BCUT2D eigenvalue weighted by Gasteiger charge is -2.50. The first-order valence-corrected chi connectivity index (χ1v) is 12.8. The average Bonchev–Trinajstić information content (AvgIpc) is 2.81. The summed E-state index contributed by atoms with van der Waals surface area (Å²) in [7, 11) is 0. The monoisotopic (exact) mass is 457 g/mol. The van der Waals surface area contributed by atoms with Gasteiger partial charge < -0.3 is 14.8 Å². The van der Waals surface area contributed by atoms with Gasteiger partial charge in [-0.3, -0.25) is 4.79 Å². The third-order valence-electron chi connectivity index (χ3n) is 8.77. The van der Waals surface area contributed by atoms with Gasteiger partial charge in [-0.25, -0.2) is 9.18 Å². The molecule has 1 N–H and O–H groups in total. The van der Waals surface area contributed by atoms with Crippen molar-refractivity contribution in [3.63, 3.8) is 0 Å². The van der Waals surface area contributed by atoms with E-state index in [0.29, 0.717) is 38.4 Å². The minimum atomic E-state index is -0.839. The van der Waals surface area contributed by atoms with Gasteiger partial charge in [0.1, 0.15) is 12.0 Å². The average molecular weight is 458 g/mol. The molecule has 0 aromatic heterocycles. The Morgan fingerprint density at radius 1 is 1.09 bits per heavy atom. The number of halogens is 1. The summed E-state index contributed by atoms with van der Waals surface area (Å²) in [5.41, 5.74) is 0.956. The maximum atomic E-state index is 13.5. The minimum absolute atomic E-state index is 0.0721. The standard InChI is InChI=1S/C27H36FNO4/c28-21-15-20(16-21)25(30)23-7-4-12-27(13-14-32-26(31)29-27)24(23)17-33-22-10-8-19(9-11-22)18-5-2-1-3-6-18/h1-3,5-6,19-24H,4,7-17H2,(H,29,31)/t19?,20?,21?,22?,23?,24-,27-/m1/s1. The largest absolute Gasteiger partial charge is 0.449 e. The number of benzene rings is 1.